The van der Waals surface area contributed by atoms with Gasteiger partial charge in [-0.2, -0.15) is 0 Å². The summed E-state index contributed by atoms with van der Waals surface area (Å²) in [6, 6.07) is 0. The topological polar surface area (TPSA) is 103 Å². The van der Waals surface area contributed by atoms with E-state index < -0.39 is 0 Å². The Balaban J connectivity index is 2.40. The molecule has 7 nitrogen and oxygen atoms in total. The maximum atomic E-state index is 8.45. The average molecular weight is 254 g/mol. The van der Waals surface area contributed by atoms with Crippen molar-refractivity contribution in [2.75, 3.05) is 13.2 Å². The van der Waals surface area contributed by atoms with Crippen molar-refractivity contribution in [2.24, 2.45) is 10.9 Å². The molecule has 18 heavy (non-hydrogen) atoms. The van der Waals surface area contributed by atoms with Gasteiger partial charge in [-0.25, -0.2) is 9.97 Å². The number of aromatic nitrogens is 2. The molecule has 0 aromatic carbocycles. The molecule has 100 valence electrons. The third-order valence-electron chi connectivity index (χ3n) is 1.87. The second kappa shape index (κ2) is 6.15. The highest BCUT2D eigenvalue weighted by atomic mass is 16.5. The van der Waals surface area contributed by atoms with Gasteiger partial charge in [0.1, 0.15) is 12.3 Å². The van der Waals surface area contributed by atoms with Crippen LogP contribution < -0.4 is 10.5 Å². The van der Waals surface area contributed by atoms with Crippen LogP contribution in [0.15, 0.2) is 17.5 Å². The molecular weight excluding hydrogens is 236 g/mol. The molecular formula is C11H18N4O3. The first kappa shape index (κ1) is 14.2. The van der Waals surface area contributed by atoms with Crippen LogP contribution in [0.1, 0.15) is 26.5 Å². The van der Waals surface area contributed by atoms with E-state index in [9.17, 15) is 0 Å². The number of hydrogen-bond acceptors (Lipinski definition) is 6. The third-order valence-corrected chi connectivity index (χ3v) is 1.87. The molecule has 0 radical (unpaired) electrons. The van der Waals surface area contributed by atoms with Crippen molar-refractivity contribution < 1.29 is 14.7 Å². The fourth-order valence-corrected chi connectivity index (χ4v) is 1.07. The van der Waals surface area contributed by atoms with Crippen LogP contribution in [0.2, 0.25) is 0 Å². The van der Waals surface area contributed by atoms with Gasteiger partial charge in [0.15, 0.2) is 5.84 Å². The van der Waals surface area contributed by atoms with Gasteiger partial charge in [-0.05, 0) is 20.8 Å². The van der Waals surface area contributed by atoms with Crippen LogP contribution >= 0.6 is 0 Å². The maximum absolute atomic E-state index is 8.45. The molecule has 0 fully saturated rings. The zero-order chi connectivity index (χ0) is 13.6. The lowest BCUT2D eigenvalue weighted by molar-refractivity contribution is -0.0168. The molecule has 0 unspecified atom stereocenters. The molecule has 1 rings (SSSR count). The Hall–Kier alpha value is -1.89. The highest BCUT2D eigenvalue weighted by molar-refractivity contribution is 5.94. The van der Waals surface area contributed by atoms with Crippen molar-refractivity contribution in [3.63, 3.8) is 0 Å². The highest BCUT2D eigenvalue weighted by Gasteiger charge is 2.09. The summed E-state index contributed by atoms with van der Waals surface area (Å²) in [5.41, 5.74) is 5.45. The van der Waals surface area contributed by atoms with Crippen LogP contribution in [-0.2, 0) is 4.74 Å². The minimum Gasteiger partial charge on any atom is -0.474 e. The highest BCUT2D eigenvalue weighted by Crippen LogP contribution is 2.07. The predicted octanol–water partition coefficient (Wildman–Crippen LogP) is 0.765. The van der Waals surface area contributed by atoms with Crippen LogP contribution in [0.5, 0.6) is 5.88 Å². The Kier molecular flexibility index (Phi) is 4.85. The first-order valence-electron chi connectivity index (χ1n) is 5.49. The molecule has 0 saturated heterocycles. The minimum absolute atomic E-state index is 0.0925. The smallest absolute Gasteiger partial charge is 0.232 e. The second-order valence-corrected chi connectivity index (χ2v) is 4.53. The number of rotatable bonds is 5. The van der Waals surface area contributed by atoms with E-state index in [1.165, 1.54) is 12.4 Å². The summed E-state index contributed by atoms with van der Waals surface area (Å²) in [6.07, 6.45) is 2.78. The standard InChI is InChI=1S/C11H18N4O3/c1-11(2,3)18-5-4-17-9-7-13-8(6-14-9)10(12)15-16/h6-7,16H,4-5H2,1-3H3,(H2,12,15). The molecule has 0 bridgehead atoms. The number of ether oxygens (including phenoxy) is 2. The SMILES string of the molecule is CC(C)(C)OCCOc1cnc(C(N)=NO)cn1. The second-order valence-electron chi connectivity index (χ2n) is 4.53. The fraction of sp³-hybridized carbons (Fsp3) is 0.545. The molecule has 0 saturated carbocycles. The van der Waals surface area contributed by atoms with Crippen molar-refractivity contribution in [3.8, 4) is 5.88 Å². The first-order valence-corrected chi connectivity index (χ1v) is 5.49. The van der Waals surface area contributed by atoms with E-state index in [2.05, 4.69) is 15.1 Å². The summed E-state index contributed by atoms with van der Waals surface area (Å²) in [6.45, 7) is 6.76. The average Bonchev–Trinajstić information content (AvgIpc) is 2.33. The van der Waals surface area contributed by atoms with Crippen LogP contribution in [0.25, 0.3) is 0 Å². The Morgan fingerprint density at radius 1 is 1.33 bits per heavy atom. The number of amidine groups is 1. The largest absolute Gasteiger partial charge is 0.474 e. The van der Waals surface area contributed by atoms with Gasteiger partial charge < -0.3 is 20.4 Å². The van der Waals surface area contributed by atoms with E-state index in [0.717, 1.165) is 0 Å². The predicted molar refractivity (Wildman–Crippen MR) is 65.7 cm³/mol. The van der Waals surface area contributed by atoms with Gasteiger partial charge in [0.25, 0.3) is 0 Å². The van der Waals surface area contributed by atoms with Gasteiger partial charge in [-0.3, -0.25) is 0 Å². The number of nitrogens with two attached hydrogens (primary N) is 1. The molecule has 1 aromatic heterocycles. The lowest BCUT2D eigenvalue weighted by Gasteiger charge is -2.19. The Labute approximate surface area is 106 Å². The number of hydrogen-bond donors (Lipinski definition) is 2. The van der Waals surface area contributed by atoms with Crippen molar-refractivity contribution in [3.05, 3.63) is 18.1 Å². The van der Waals surface area contributed by atoms with E-state index in [0.29, 0.717) is 19.1 Å². The van der Waals surface area contributed by atoms with Gasteiger partial charge in [-0.15, -0.1) is 0 Å². The van der Waals surface area contributed by atoms with Crippen molar-refractivity contribution >= 4 is 5.84 Å². The molecule has 1 aromatic rings. The monoisotopic (exact) mass is 254 g/mol. The van der Waals surface area contributed by atoms with Gasteiger partial charge in [0, 0.05) is 0 Å². The van der Waals surface area contributed by atoms with E-state index in [1.54, 1.807) is 0 Å². The first-order chi connectivity index (χ1) is 8.42. The Morgan fingerprint density at radius 3 is 2.56 bits per heavy atom. The Bertz CT molecular complexity index is 398. The Morgan fingerprint density at radius 2 is 2.06 bits per heavy atom. The molecule has 3 N–H and O–H groups in total. The number of oxime groups is 1. The van der Waals surface area contributed by atoms with Crippen LogP contribution in [0.4, 0.5) is 0 Å². The van der Waals surface area contributed by atoms with E-state index >= 15 is 0 Å². The summed E-state index contributed by atoms with van der Waals surface area (Å²) in [4.78, 5) is 7.90. The van der Waals surface area contributed by atoms with E-state index in [1.807, 2.05) is 20.8 Å². The summed E-state index contributed by atoms with van der Waals surface area (Å²) in [5, 5.41) is 11.3. The summed E-state index contributed by atoms with van der Waals surface area (Å²) >= 11 is 0. The molecule has 0 aliphatic rings. The summed E-state index contributed by atoms with van der Waals surface area (Å²) in [5.74, 6) is 0.270. The minimum atomic E-state index is -0.190. The van der Waals surface area contributed by atoms with Gasteiger partial charge in [-0.1, -0.05) is 5.16 Å². The van der Waals surface area contributed by atoms with E-state index in [-0.39, 0.29) is 17.1 Å². The molecule has 0 aliphatic heterocycles. The van der Waals surface area contributed by atoms with Gasteiger partial charge in [0.05, 0.1) is 24.6 Å². The van der Waals surface area contributed by atoms with Crippen LogP contribution in [-0.4, -0.2) is 39.8 Å². The van der Waals surface area contributed by atoms with Gasteiger partial charge >= 0.3 is 0 Å². The van der Waals surface area contributed by atoms with Crippen molar-refractivity contribution in [2.45, 2.75) is 26.4 Å². The third kappa shape index (κ3) is 4.96. The normalized spacial score (nSPS) is 12.5. The van der Waals surface area contributed by atoms with Crippen molar-refractivity contribution in [1.29, 1.82) is 0 Å². The lowest BCUT2D eigenvalue weighted by Crippen LogP contribution is -2.22. The zero-order valence-electron chi connectivity index (χ0n) is 10.8. The molecule has 0 atom stereocenters. The molecule has 0 aliphatic carbocycles. The van der Waals surface area contributed by atoms with Crippen molar-refractivity contribution in [1.82, 2.24) is 9.97 Å². The lowest BCUT2D eigenvalue weighted by atomic mass is 10.2. The zero-order valence-corrected chi connectivity index (χ0v) is 10.8. The molecule has 0 amide bonds. The summed E-state index contributed by atoms with van der Waals surface area (Å²) in [7, 11) is 0. The summed E-state index contributed by atoms with van der Waals surface area (Å²) < 4.78 is 10.8. The number of nitrogens with zero attached hydrogens (tertiary/aromatic N) is 3. The maximum Gasteiger partial charge on any atom is 0.232 e. The fourth-order valence-electron chi connectivity index (χ4n) is 1.07. The van der Waals surface area contributed by atoms with Crippen LogP contribution in [0.3, 0.4) is 0 Å². The van der Waals surface area contributed by atoms with Gasteiger partial charge in [0.2, 0.25) is 5.88 Å². The quantitative estimate of drug-likeness (QED) is 0.264. The molecule has 0 spiro atoms. The van der Waals surface area contributed by atoms with E-state index in [4.69, 9.17) is 20.4 Å². The van der Waals surface area contributed by atoms with Crippen LogP contribution in [0, 0.1) is 0 Å². The molecule has 7 heteroatoms. The molecule has 1 heterocycles.